The molecule has 172 valence electrons. The second-order valence-electron chi connectivity index (χ2n) is 6.41. The van der Waals surface area contributed by atoms with Crippen LogP contribution in [0.5, 0.6) is 5.75 Å². The molecule has 2 rings (SSSR count). The lowest BCUT2D eigenvalue weighted by Gasteiger charge is -2.17. The molecule has 0 aliphatic heterocycles. The first-order chi connectivity index (χ1) is 15.0. The molecule has 2 N–H and O–H groups in total. The van der Waals surface area contributed by atoms with Gasteiger partial charge in [-0.2, -0.15) is 4.72 Å². The van der Waals surface area contributed by atoms with Crippen molar-refractivity contribution < 1.29 is 37.0 Å². The van der Waals surface area contributed by atoms with Crippen molar-refractivity contribution in [2.45, 2.75) is 17.9 Å². The fourth-order valence-corrected chi connectivity index (χ4v) is 4.27. The number of nitrogens with one attached hydrogen (secondary N) is 2. The lowest BCUT2D eigenvalue weighted by atomic mass is 10.1. The van der Waals surface area contributed by atoms with Crippen molar-refractivity contribution in [1.82, 2.24) is 4.72 Å². The molecule has 0 aromatic heterocycles. The standard InChI is InChI=1S/C20H21ClN2O8S/c1-11(23-32(27,28)17-10-14(21)5-6-16(17)29-2)18(24)22-15-8-12(19(25)30-3)7-13(9-15)20(26)31-4/h5-11,23H,1-4H3,(H,22,24)/t11-/m1/s1. The number of halogens is 1. The summed E-state index contributed by atoms with van der Waals surface area (Å²) in [6, 6.07) is 6.58. The van der Waals surface area contributed by atoms with Gasteiger partial charge in [-0.3, -0.25) is 4.79 Å². The van der Waals surface area contributed by atoms with Gasteiger partial charge in [0.2, 0.25) is 15.9 Å². The summed E-state index contributed by atoms with van der Waals surface area (Å²) in [7, 11) is -0.566. The third kappa shape index (κ3) is 5.96. The Morgan fingerprint density at radius 3 is 2.00 bits per heavy atom. The Morgan fingerprint density at radius 2 is 1.50 bits per heavy atom. The summed E-state index contributed by atoms with van der Waals surface area (Å²) in [6.45, 7) is 1.31. The van der Waals surface area contributed by atoms with E-state index in [9.17, 15) is 22.8 Å². The van der Waals surface area contributed by atoms with Crippen LogP contribution in [-0.2, 0) is 24.3 Å². The average Bonchev–Trinajstić information content (AvgIpc) is 2.77. The third-order valence-corrected chi connectivity index (χ3v) is 5.98. The Labute approximate surface area is 189 Å². The first-order valence-electron chi connectivity index (χ1n) is 9.00. The molecule has 1 amide bonds. The van der Waals surface area contributed by atoms with Gasteiger partial charge in [0, 0.05) is 10.7 Å². The second-order valence-corrected chi connectivity index (χ2v) is 8.53. The van der Waals surface area contributed by atoms with Gasteiger partial charge in [-0.25, -0.2) is 18.0 Å². The maximum atomic E-state index is 12.7. The molecule has 0 saturated carbocycles. The molecule has 0 spiro atoms. The van der Waals surface area contributed by atoms with Gasteiger partial charge in [0.1, 0.15) is 10.6 Å². The van der Waals surface area contributed by atoms with Crippen LogP contribution >= 0.6 is 11.6 Å². The number of ether oxygens (including phenoxy) is 3. The number of hydrogen-bond donors (Lipinski definition) is 2. The summed E-state index contributed by atoms with van der Waals surface area (Å²) >= 11 is 5.89. The highest BCUT2D eigenvalue weighted by atomic mass is 35.5. The van der Waals surface area contributed by atoms with E-state index in [1.807, 2.05) is 0 Å². The Kier molecular flexibility index (Phi) is 8.19. The van der Waals surface area contributed by atoms with E-state index in [4.69, 9.17) is 16.3 Å². The summed E-state index contributed by atoms with van der Waals surface area (Å²) in [5.41, 5.74) is 0.0369. The number of esters is 2. The Balaban J connectivity index is 2.28. The van der Waals surface area contributed by atoms with Crippen LogP contribution in [0.2, 0.25) is 5.02 Å². The normalized spacial score (nSPS) is 11.9. The molecule has 2 aromatic rings. The van der Waals surface area contributed by atoms with Crippen LogP contribution < -0.4 is 14.8 Å². The monoisotopic (exact) mass is 484 g/mol. The first kappa shape index (κ1) is 25.1. The van der Waals surface area contributed by atoms with E-state index >= 15 is 0 Å². The van der Waals surface area contributed by atoms with Gasteiger partial charge in [-0.1, -0.05) is 11.6 Å². The van der Waals surface area contributed by atoms with E-state index in [0.717, 1.165) is 14.2 Å². The smallest absolute Gasteiger partial charge is 0.337 e. The molecule has 0 heterocycles. The van der Waals surface area contributed by atoms with E-state index in [2.05, 4.69) is 19.5 Å². The van der Waals surface area contributed by atoms with Crippen molar-refractivity contribution in [3.63, 3.8) is 0 Å². The molecule has 0 fully saturated rings. The van der Waals surface area contributed by atoms with Crippen LogP contribution in [-0.4, -0.2) is 53.6 Å². The van der Waals surface area contributed by atoms with Gasteiger partial charge in [0.05, 0.1) is 38.5 Å². The maximum Gasteiger partial charge on any atom is 0.337 e. The number of carbonyl (C=O) groups excluding carboxylic acids is 3. The van der Waals surface area contributed by atoms with Crippen LogP contribution in [0.1, 0.15) is 27.6 Å². The zero-order valence-electron chi connectivity index (χ0n) is 17.6. The predicted octanol–water partition coefficient (Wildman–Crippen LogP) is 2.23. The molecule has 0 aliphatic carbocycles. The molecule has 10 nitrogen and oxygen atoms in total. The van der Waals surface area contributed by atoms with Gasteiger partial charge < -0.3 is 19.5 Å². The summed E-state index contributed by atoms with van der Waals surface area (Å²) < 4.78 is 42.0. The molecule has 0 bridgehead atoms. The van der Waals surface area contributed by atoms with E-state index in [-0.39, 0.29) is 32.5 Å². The Morgan fingerprint density at radius 1 is 0.938 bits per heavy atom. The minimum Gasteiger partial charge on any atom is -0.495 e. The van der Waals surface area contributed by atoms with E-state index in [1.54, 1.807) is 0 Å². The molecule has 0 unspecified atom stereocenters. The largest absolute Gasteiger partial charge is 0.495 e. The maximum absolute atomic E-state index is 12.7. The van der Waals surface area contributed by atoms with Crippen molar-refractivity contribution >= 4 is 45.2 Å². The van der Waals surface area contributed by atoms with Crippen molar-refractivity contribution in [1.29, 1.82) is 0 Å². The third-order valence-electron chi connectivity index (χ3n) is 4.18. The van der Waals surface area contributed by atoms with Crippen molar-refractivity contribution in [2.24, 2.45) is 0 Å². The zero-order chi connectivity index (χ0) is 24.1. The number of sulfonamides is 1. The summed E-state index contributed by atoms with van der Waals surface area (Å²) in [5, 5.41) is 2.62. The van der Waals surface area contributed by atoms with Crippen LogP contribution in [0, 0.1) is 0 Å². The summed E-state index contributed by atoms with van der Waals surface area (Å²) in [5.74, 6) is -2.20. The highest BCUT2D eigenvalue weighted by Gasteiger charge is 2.26. The van der Waals surface area contributed by atoms with Gasteiger partial charge in [0.15, 0.2) is 0 Å². The second kappa shape index (κ2) is 10.4. The van der Waals surface area contributed by atoms with Crippen LogP contribution in [0.4, 0.5) is 5.69 Å². The molecule has 2 aromatic carbocycles. The molecular formula is C20H21ClN2O8S. The van der Waals surface area contributed by atoms with E-state index in [1.165, 1.54) is 50.4 Å². The molecular weight excluding hydrogens is 464 g/mol. The van der Waals surface area contributed by atoms with Gasteiger partial charge in [-0.05, 0) is 43.3 Å². The zero-order valence-corrected chi connectivity index (χ0v) is 19.2. The number of methoxy groups -OCH3 is 3. The molecule has 0 aliphatic rings. The van der Waals surface area contributed by atoms with Crippen LogP contribution in [0.3, 0.4) is 0 Å². The number of anilines is 1. The van der Waals surface area contributed by atoms with Gasteiger partial charge >= 0.3 is 11.9 Å². The molecule has 32 heavy (non-hydrogen) atoms. The number of rotatable bonds is 8. The fourth-order valence-electron chi connectivity index (χ4n) is 2.63. The highest BCUT2D eigenvalue weighted by molar-refractivity contribution is 7.89. The average molecular weight is 485 g/mol. The lowest BCUT2D eigenvalue weighted by molar-refractivity contribution is -0.117. The van der Waals surface area contributed by atoms with Gasteiger partial charge in [0.25, 0.3) is 0 Å². The van der Waals surface area contributed by atoms with Gasteiger partial charge in [-0.15, -0.1) is 0 Å². The summed E-state index contributed by atoms with van der Waals surface area (Å²) in [6.07, 6.45) is 0. The van der Waals surface area contributed by atoms with Crippen molar-refractivity contribution in [3.05, 3.63) is 52.5 Å². The number of carbonyl (C=O) groups is 3. The molecule has 0 saturated heterocycles. The predicted molar refractivity (Wildman–Crippen MR) is 116 cm³/mol. The number of hydrogen-bond acceptors (Lipinski definition) is 8. The molecule has 12 heteroatoms. The molecule has 1 atom stereocenters. The number of benzene rings is 2. The van der Waals surface area contributed by atoms with Crippen molar-refractivity contribution in [3.8, 4) is 5.75 Å². The van der Waals surface area contributed by atoms with E-state index < -0.39 is 33.9 Å². The van der Waals surface area contributed by atoms with E-state index in [0.29, 0.717) is 0 Å². The van der Waals surface area contributed by atoms with Crippen LogP contribution in [0.25, 0.3) is 0 Å². The number of amides is 1. The highest BCUT2D eigenvalue weighted by Crippen LogP contribution is 2.27. The summed E-state index contributed by atoms with van der Waals surface area (Å²) in [4.78, 5) is 36.1. The fraction of sp³-hybridized carbons (Fsp3) is 0.250. The van der Waals surface area contributed by atoms with Crippen LogP contribution in [0.15, 0.2) is 41.3 Å². The minimum absolute atomic E-state index is 0.0115. The Bertz CT molecular complexity index is 1120. The Hall–Kier alpha value is -3.15. The lowest BCUT2D eigenvalue weighted by Crippen LogP contribution is -2.41. The molecule has 0 radical (unpaired) electrons. The minimum atomic E-state index is -4.18. The topological polar surface area (TPSA) is 137 Å². The van der Waals surface area contributed by atoms with Crippen molar-refractivity contribution in [2.75, 3.05) is 26.6 Å². The first-order valence-corrected chi connectivity index (χ1v) is 10.9. The SMILES string of the molecule is COC(=O)c1cc(NC(=O)[C@@H](C)NS(=O)(=O)c2cc(Cl)ccc2OC)cc(C(=O)OC)c1. The quantitative estimate of drug-likeness (QED) is 0.544.